The summed E-state index contributed by atoms with van der Waals surface area (Å²) in [5.41, 5.74) is -0.843. The van der Waals surface area contributed by atoms with Gasteiger partial charge in [0.05, 0.1) is 5.69 Å². The first-order chi connectivity index (χ1) is 16.0. The van der Waals surface area contributed by atoms with E-state index in [1.807, 2.05) is 13.0 Å². The molecule has 1 aliphatic carbocycles. The molecular weight excluding hydrogens is 470 g/mol. The van der Waals surface area contributed by atoms with Crippen molar-refractivity contribution in [2.75, 3.05) is 29.9 Å². The van der Waals surface area contributed by atoms with Crippen LogP contribution in [0.5, 0.6) is 5.75 Å². The highest BCUT2D eigenvalue weighted by atomic mass is 19.4. The minimum Gasteiger partial charge on any atom is -0.480 e. The van der Waals surface area contributed by atoms with Crippen LogP contribution in [0.25, 0.3) is 5.65 Å². The average molecular weight is 490 g/mol. The van der Waals surface area contributed by atoms with Crippen LogP contribution in [0, 0.1) is 18.8 Å². The van der Waals surface area contributed by atoms with Crippen LogP contribution in [-0.2, 0) is 6.18 Å². The second-order valence-electron chi connectivity index (χ2n) is 8.63. The van der Waals surface area contributed by atoms with Crippen LogP contribution in [-0.4, -0.2) is 51.7 Å². The molecule has 8 nitrogen and oxygen atoms in total. The van der Waals surface area contributed by atoms with Gasteiger partial charge in [-0.3, -0.25) is 0 Å². The molecule has 2 fully saturated rings. The molecule has 1 aliphatic heterocycles. The van der Waals surface area contributed by atoms with Crippen molar-refractivity contribution in [1.29, 1.82) is 0 Å². The Bertz CT molecular complexity index is 1170. The summed E-state index contributed by atoms with van der Waals surface area (Å²) in [6.07, 6.45) is -7.65. The molecule has 34 heavy (non-hydrogen) atoms. The third-order valence-electron chi connectivity index (χ3n) is 6.19. The number of aromatic nitrogens is 4. The number of nitrogens with one attached hydrogen (secondary N) is 1. The molecule has 3 aromatic rings. The number of aryl methyl sites for hydroxylation is 1. The molecule has 2 aliphatic rings. The fourth-order valence-corrected chi connectivity index (χ4v) is 4.77. The van der Waals surface area contributed by atoms with E-state index in [2.05, 4.69) is 25.5 Å². The molecule has 2 bridgehead atoms. The Morgan fingerprint density at radius 1 is 1.12 bits per heavy atom. The van der Waals surface area contributed by atoms with Crippen LogP contribution in [0.3, 0.4) is 0 Å². The van der Waals surface area contributed by atoms with Gasteiger partial charge < -0.3 is 19.5 Å². The number of halogens is 6. The number of fused-ring (bicyclic) bond motifs is 3. The zero-order chi connectivity index (χ0) is 24.3. The molecule has 0 amide bonds. The van der Waals surface area contributed by atoms with E-state index in [-0.39, 0.29) is 23.8 Å². The van der Waals surface area contributed by atoms with Crippen molar-refractivity contribution in [3.8, 4) is 5.75 Å². The van der Waals surface area contributed by atoms with Gasteiger partial charge in [-0.05, 0) is 43.7 Å². The Morgan fingerprint density at radius 2 is 1.82 bits per heavy atom. The van der Waals surface area contributed by atoms with Crippen LogP contribution in [0.1, 0.15) is 24.2 Å². The zero-order valence-electron chi connectivity index (χ0n) is 17.8. The Morgan fingerprint density at radius 3 is 2.41 bits per heavy atom. The second kappa shape index (κ2) is 7.94. The van der Waals surface area contributed by atoms with E-state index < -0.39 is 36.1 Å². The number of alkyl halides is 6. The zero-order valence-corrected chi connectivity index (χ0v) is 17.8. The Balaban J connectivity index is 1.41. The smallest absolute Gasteiger partial charge is 0.433 e. The van der Waals surface area contributed by atoms with Crippen LogP contribution in [0.15, 0.2) is 22.7 Å². The van der Waals surface area contributed by atoms with Gasteiger partial charge >= 0.3 is 12.4 Å². The lowest BCUT2D eigenvalue weighted by molar-refractivity contribution is -0.153. The van der Waals surface area contributed by atoms with Gasteiger partial charge in [0.1, 0.15) is 5.69 Å². The molecule has 1 saturated heterocycles. The first-order valence-electron chi connectivity index (χ1n) is 10.6. The summed E-state index contributed by atoms with van der Waals surface area (Å²) >= 11 is 0. The Kier molecular flexibility index (Phi) is 5.28. The van der Waals surface area contributed by atoms with Crippen LogP contribution in [0.4, 0.5) is 38.2 Å². The fourth-order valence-electron chi connectivity index (χ4n) is 4.77. The van der Waals surface area contributed by atoms with Crippen molar-refractivity contribution in [1.82, 2.24) is 19.8 Å². The van der Waals surface area contributed by atoms with Crippen molar-refractivity contribution in [3.63, 3.8) is 0 Å². The van der Waals surface area contributed by atoms with Crippen molar-refractivity contribution in [3.05, 3.63) is 29.6 Å². The van der Waals surface area contributed by atoms with Gasteiger partial charge in [-0.2, -0.15) is 31.3 Å². The van der Waals surface area contributed by atoms with E-state index in [1.54, 1.807) is 0 Å². The standard InChI is InChI=1S/C20H20F6N6O2/c1-10-6-15(34-30-10)31-7-11-2-3-12(8-31)16(11)27-18-28-17-13(33-9-19(21,22)23)4-5-14(20(24,25)26)32(17)29-18/h4-6,11-12,16H,2-3,7-9H2,1H3,(H,27,29)/t11-,12+,16-. The third-order valence-corrected chi connectivity index (χ3v) is 6.19. The summed E-state index contributed by atoms with van der Waals surface area (Å²) in [7, 11) is 0. The van der Waals surface area contributed by atoms with E-state index in [4.69, 9.17) is 9.26 Å². The third kappa shape index (κ3) is 4.32. The molecule has 14 heteroatoms. The predicted molar refractivity (Wildman–Crippen MR) is 107 cm³/mol. The molecule has 5 rings (SSSR count). The molecule has 0 aromatic carbocycles. The van der Waals surface area contributed by atoms with Crippen LogP contribution >= 0.6 is 0 Å². The highest BCUT2D eigenvalue weighted by molar-refractivity contribution is 5.57. The number of rotatable bonds is 5. The number of piperidine rings is 1. The fraction of sp³-hybridized carbons (Fsp3) is 0.550. The van der Waals surface area contributed by atoms with Gasteiger partial charge in [-0.15, -0.1) is 5.10 Å². The maximum atomic E-state index is 13.5. The van der Waals surface area contributed by atoms with Crippen molar-refractivity contribution < 1.29 is 35.6 Å². The van der Waals surface area contributed by atoms with E-state index in [1.165, 1.54) is 0 Å². The lowest BCUT2D eigenvalue weighted by Gasteiger charge is -2.37. The summed E-state index contributed by atoms with van der Waals surface area (Å²) in [5.74, 6) is 0.432. The number of anilines is 2. The van der Waals surface area contributed by atoms with Gasteiger partial charge in [0.2, 0.25) is 11.8 Å². The lowest BCUT2D eigenvalue weighted by atomic mass is 9.92. The number of hydrogen-bond donors (Lipinski definition) is 1. The molecule has 4 heterocycles. The van der Waals surface area contributed by atoms with Gasteiger partial charge in [0.15, 0.2) is 18.0 Å². The first-order valence-corrected chi connectivity index (χ1v) is 10.6. The number of pyridine rings is 1. The molecule has 0 spiro atoms. The van der Waals surface area contributed by atoms with E-state index in [0.717, 1.165) is 24.6 Å². The number of hydrogen-bond acceptors (Lipinski definition) is 7. The largest absolute Gasteiger partial charge is 0.480 e. The summed E-state index contributed by atoms with van der Waals surface area (Å²) < 4.78 is 88.8. The van der Waals surface area contributed by atoms with E-state index >= 15 is 0 Å². The molecule has 3 atom stereocenters. The SMILES string of the molecule is Cc1cc(N2C[C@H]3CC[C@@H](C2)[C@@H]3Nc2nc3c(OCC(F)(F)F)ccc(C(F)(F)F)n3n2)on1. The number of ether oxygens (including phenoxy) is 1. The average Bonchev–Trinajstić information content (AvgIpc) is 3.41. The maximum absolute atomic E-state index is 13.5. The van der Waals surface area contributed by atoms with Crippen molar-refractivity contribution >= 4 is 17.5 Å². The monoisotopic (exact) mass is 490 g/mol. The first kappa shape index (κ1) is 22.6. The molecule has 0 radical (unpaired) electrons. The molecule has 184 valence electrons. The minimum absolute atomic E-state index is 0.0978. The minimum atomic E-state index is -4.79. The molecule has 3 aromatic heterocycles. The van der Waals surface area contributed by atoms with E-state index in [0.29, 0.717) is 29.6 Å². The summed E-state index contributed by atoms with van der Waals surface area (Å²) in [6.45, 7) is 1.48. The summed E-state index contributed by atoms with van der Waals surface area (Å²) in [4.78, 5) is 6.15. The Labute approximate surface area is 188 Å². The topological polar surface area (TPSA) is 80.7 Å². The summed E-state index contributed by atoms with van der Waals surface area (Å²) in [5, 5.41) is 11.0. The molecular formula is C20H20F6N6O2. The van der Waals surface area contributed by atoms with Gasteiger partial charge in [-0.25, -0.2) is 4.52 Å². The molecule has 1 N–H and O–H groups in total. The van der Waals surface area contributed by atoms with Crippen molar-refractivity contribution in [2.24, 2.45) is 11.8 Å². The van der Waals surface area contributed by atoms with Gasteiger partial charge in [0, 0.05) is 25.2 Å². The Hall–Kier alpha value is -3.19. The highest BCUT2D eigenvalue weighted by Gasteiger charge is 2.44. The van der Waals surface area contributed by atoms with Crippen molar-refractivity contribution in [2.45, 2.75) is 38.2 Å². The second-order valence-corrected chi connectivity index (χ2v) is 8.63. The maximum Gasteiger partial charge on any atom is 0.433 e. The van der Waals surface area contributed by atoms with Crippen LogP contribution < -0.4 is 15.0 Å². The quantitative estimate of drug-likeness (QED) is 0.534. The molecule has 1 saturated carbocycles. The molecule has 0 unspecified atom stereocenters. The lowest BCUT2D eigenvalue weighted by Crippen LogP contribution is -2.48. The number of nitrogens with zero attached hydrogens (tertiary/aromatic N) is 5. The van der Waals surface area contributed by atoms with Gasteiger partial charge in [0.25, 0.3) is 0 Å². The van der Waals surface area contributed by atoms with E-state index in [9.17, 15) is 26.3 Å². The normalized spacial score (nSPS) is 23.0. The summed E-state index contributed by atoms with van der Waals surface area (Å²) in [6, 6.07) is 3.19. The highest BCUT2D eigenvalue weighted by Crippen LogP contribution is 2.40. The predicted octanol–water partition coefficient (Wildman–Crippen LogP) is 4.31. The van der Waals surface area contributed by atoms with Gasteiger partial charge in [-0.1, -0.05) is 5.16 Å². The van der Waals surface area contributed by atoms with Crippen LogP contribution in [0.2, 0.25) is 0 Å².